The first-order valence-corrected chi connectivity index (χ1v) is 13.2. The molecule has 1 amide bonds. The first-order valence-electron chi connectivity index (χ1n) is 13.2. The van der Waals surface area contributed by atoms with Gasteiger partial charge in [0.1, 0.15) is 30.5 Å². The molecule has 1 unspecified atom stereocenters. The molecule has 1 N–H and O–H groups in total. The highest BCUT2D eigenvalue weighted by atomic mass is 16.5. The second-order valence-corrected chi connectivity index (χ2v) is 9.75. The minimum atomic E-state index is -0.797. The van der Waals surface area contributed by atoms with Gasteiger partial charge in [0.15, 0.2) is 0 Å². The van der Waals surface area contributed by atoms with Crippen LogP contribution in [0, 0.1) is 6.92 Å². The number of nitrogens with zero attached hydrogens (tertiary/aromatic N) is 2. The molecule has 5 rings (SSSR count). The van der Waals surface area contributed by atoms with Crippen molar-refractivity contribution in [3.05, 3.63) is 143 Å². The topological polar surface area (TPSA) is 89.0 Å². The van der Waals surface area contributed by atoms with Gasteiger partial charge in [-0.15, -0.1) is 0 Å². The number of likely N-dealkylation sites (tertiary alicyclic amines) is 1. The van der Waals surface area contributed by atoms with Gasteiger partial charge in [-0.3, -0.25) is 14.6 Å². The Morgan fingerprint density at radius 3 is 2.29 bits per heavy atom. The van der Waals surface area contributed by atoms with E-state index in [0.29, 0.717) is 35.8 Å². The number of carbonyl (C=O) groups excluding carboxylic acids is 2. The van der Waals surface area contributed by atoms with Crippen LogP contribution in [-0.4, -0.2) is 33.3 Å². The maximum absolute atomic E-state index is 13.4. The number of aryl methyl sites for hydroxylation is 1. The van der Waals surface area contributed by atoms with Gasteiger partial charge >= 0.3 is 0 Å². The van der Waals surface area contributed by atoms with Gasteiger partial charge in [0, 0.05) is 24.5 Å². The van der Waals surface area contributed by atoms with Crippen molar-refractivity contribution in [1.82, 2.24) is 9.88 Å². The number of Topliss-reactive ketones (excluding diaryl/α,β-unsaturated/α-hetero) is 1. The van der Waals surface area contributed by atoms with Gasteiger partial charge in [0.2, 0.25) is 0 Å². The molecule has 2 heterocycles. The highest BCUT2D eigenvalue weighted by Crippen LogP contribution is 2.40. The van der Waals surface area contributed by atoms with E-state index in [2.05, 4.69) is 17.6 Å². The van der Waals surface area contributed by atoms with Gasteiger partial charge in [-0.25, -0.2) is 0 Å². The summed E-state index contributed by atoms with van der Waals surface area (Å²) >= 11 is 0. The number of amides is 1. The van der Waals surface area contributed by atoms with Gasteiger partial charge in [-0.1, -0.05) is 54.6 Å². The third-order valence-corrected chi connectivity index (χ3v) is 6.82. The monoisotopic (exact) mass is 546 g/mol. The van der Waals surface area contributed by atoms with Crippen molar-refractivity contribution in [2.75, 3.05) is 6.61 Å². The van der Waals surface area contributed by atoms with E-state index in [-0.39, 0.29) is 17.9 Å². The molecule has 1 aliphatic heterocycles. The van der Waals surface area contributed by atoms with Crippen LogP contribution in [0.5, 0.6) is 11.5 Å². The Labute approximate surface area is 239 Å². The summed E-state index contributed by atoms with van der Waals surface area (Å²) in [7, 11) is 0. The van der Waals surface area contributed by atoms with Crippen LogP contribution >= 0.6 is 0 Å². The lowest BCUT2D eigenvalue weighted by atomic mass is 9.95. The molecule has 0 aliphatic carbocycles. The summed E-state index contributed by atoms with van der Waals surface area (Å²) in [5, 5.41) is 11.4. The lowest BCUT2D eigenvalue weighted by molar-refractivity contribution is -0.140. The lowest BCUT2D eigenvalue weighted by Gasteiger charge is -2.25. The molecule has 0 radical (unpaired) electrons. The van der Waals surface area contributed by atoms with E-state index in [4.69, 9.17) is 9.47 Å². The zero-order chi connectivity index (χ0) is 28.8. The number of pyridine rings is 1. The molecular formula is C34H30N2O5. The van der Waals surface area contributed by atoms with E-state index in [0.717, 1.165) is 16.7 Å². The van der Waals surface area contributed by atoms with Crippen molar-refractivity contribution in [3.63, 3.8) is 0 Å². The van der Waals surface area contributed by atoms with E-state index in [1.165, 1.54) is 4.90 Å². The summed E-state index contributed by atoms with van der Waals surface area (Å²) in [5.74, 6) is -0.427. The van der Waals surface area contributed by atoms with E-state index < -0.39 is 17.7 Å². The van der Waals surface area contributed by atoms with Crippen LogP contribution in [0.25, 0.3) is 5.76 Å². The van der Waals surface area contributed by atoms with Crippen LogP contribution in [0.3, 0.4) is 0 Å². The molecule has 7 nitrogen and oxygen atoms in total. The van der Waals surface area contributed by atoms with Crippen molar-refractivity contribution >= 4 is 17.4 Å². The average molecular weight is 547 g/mol. The number of hydrogen-bond acceptors (Lipinski definition) is 6. The number of ether oxygens (including phenoxy) is 2. The average Bonchev–Trinajstić information content (AvgIpc) is 3.24. The first-order chi connectivity index (χ1) is 19.9. The zero-order valence-corrected chi connectivity index (χ0v) is 22.7. The third kappa shape index (κ3) is 6.20. The Balaban J connectivity index is 1.46. The molecule has 1 aliphatic rings. The zero-order valence-electron chi connectivity index (χ0n) is 22.7. The number of aliphatic hydroxyl groups excluding tert-OH is 1. The standard InChI is InChI=1S/C34H30N2O5/c1-3-19-40-28-11-7-26(8-12-28)31-30(33(38)34(39)36(31)21-24-15-17-35-18-16-24)32(37)27-9-13-29(14-10-27)41-22-25-6-4-5-23(2)20-25/h3-18,20,31,37H,1,19,21-22H2,2H3/b32-30+. The molecule has 4 aromatic rings. The molecular weight excluding hydrogens is 516 g/mol. The van der Waals surface area contributed by atoms with Crippen LogP contribution < -0.4 is 9.47 Å². The van der Waals surface area contributed by atoms with Crippen molar-refractivity contribution in [3.8, 4) is 11.5 Å². The maximum Gasteiger partial charge on any atom is 0.295 e. The van der Waals surface area contributed by atoms with Crippen LogP contribution in [0.1, 0.15) is 33.9 Å². The summed E-state index contributed by atoms with van der Waals surface area (Å²) in [6, 6.07) is 24.8. The molecule has 1 atom stereocenters. The van der Waals surface area contributed by atoms with Crippen molar-refractivity contribution in [2.24, 2.45) is 0 Å². The number of ketones is 1. The van der Waals surface area contributed by atoms with E-state index in [1.54, 1.807) is 79.1 Å². The van der Waals surface area contributed by atoms with E-state index in [1.807, 2.05) is 25.1 Å². The minimum Gasteiger partial charge on any atom is -0.507 e. The SMILES string of the molecule is C=CCOc1ccc(C2/C(=C(\O)c3ccc(OCc4cccc(C)c4)cc3)C(=O)C(=O)N2Cc2ccncc2)cc1. The summed E-state index contributed by atoms with van der Waals surface area (Å²) in [4.78, 5) is 32.2. The van der Waals surface area contributed by atoms with Crippen LogP contribution in [-0.2, 0) is 22.7 Å². The third-order valence-electron chi connectivity index (χ3n) is 6.82. The fourth-order valence-electron chi connectivity index (χ4n) is 4.81. The number of rotatable bonds is 10. The Kier molecular flexibility index (Phi) is 8.25. The molecule has 1 saturated heterocycles. The van der Waals surface area contributed by atoms with Crippen molar-refractivity contribution in [1.29, 1.82) is 0 Å². The number of carbonyl (C=O) groups is 2. The summed E-state index contributed by atoms with van der Waals surface area (Å²) in [5.41, 5.74) is 4.12. The molecule has 0 bridgehead atoms. The molecule has 0 saturated carbocycles. The van der Waals surface area contributed by atoms with E-state index in [9.17, 15) is 14.7 Å². The molecule has 0 spiro atoms. The largest absolute Gasteiger partial charge is 0.507 e. The highest BCUT2D eigenvalue weighted by Gasteiger charge is 2.46. The Bertz CT molecular complexity index is 1580. The number of aliphatic hydroxyl groups is 1. The highest BCUT2D eigenvalue weighted by molar-refractivity contribution is 6.46. The smallest absolute Gasteiger partial charge is 0.295 e. The molecule has 1 fully saturated rings. The van der Waals surface area contributed by atoms with Gasteiger partial charge in [-0.05, 0) is 72.1 Å². The molecule has 7 heteroatoms. The Hall–Kier alpha value is -5.17. The fourth-order valence-corrected chi connectivity index (χ4v) is 4.81. The lowest BCUT2D eigenvalue weighted by Crippen LogP contribution is -2.29. The predicted molar refractivity (Wildman–Crippen MR) is 156 cm³/mol. The van der Waals surface area contributed by atoms with Crippen LogP contribution in [0.2, 0.25) is 0 Å². The van der Waals surface area contributed by atoms with Crippen LogP contribution in [0.15, 0.2) is 116 Å². The second-order valence-electron chi connectivity index (χ2n) is 9.75. The predicted octanol–water partition coefficient (Wildman–Crippen LogP) is 6.16. The number of aromatic nitrogens is 1. The Morgan fingerprint density at radius 2 is 1.61 bits per heavy atom. The van der Waals surface area contributed by atoms with Crippen molar-refractivity contribution in [2.45, 2.75) is 26.1 Å². The summed E-state index contributed by atoms with van der Waals surface area (Å²) < 4.78 is 11.5. The summed E-state index contributed by atoms with van der Waals surface area (Å²) in [6.45, 7) is 6.62. The van der Waals surface area contributed by atoms with Gasteiger partial charge in [0.25, 0.3) is 11.7 Å². The van der Waals surface area contributed by atoms with Gasteiger partial charge in [-0.2, -0.15) is 0 Å². The molecule has 41 heavy (non-hydrogen) atoms. The van der Waals surface area contributed by atoms with Crippen LogP contribution in [0.4, 0.5) is 0 Å². The summed E-state index contributed by atoms with van der Waals surface area (Å²) in [6.07, 6.45) is 4.92. The molecule has 206 valence electrons. The van der Waals surface area contributed by atoms with E-state index >= 15 is 0 Å². The minimum absolute atomic E-state index is 0.0252. The first kappa shape index (κ1) is 27.4. The molecule has 1 aromatic heterocycles. The Morgan fingerprint density at radius 1 is 0.927 bits per heavy atom. The quantitative estimate of drug-likeness (QED) is 0.111. The molecule has 3 aromatic carbocycles. The fraction of sp³-hybridized carbons (Fsp3) is 0.147. The second kappa shape index (κ2) is 12.3. The van der Waals surface area contributed by atoms with Crippen molar-refractivity contribution < 1.29 is 24.2 Å². The maximum atomic E-state index is 13.4. The number of benzene rings is 3. The normalized spacial score (nSPS) is 16.0. The van der Waals surface area contributed by atoms with Gasteiger partial charge < -0.3 is 19.5 Å². The van der Waals surface area contributed by atoms with Gasteiger partial charge in [0.05, 0.1) is 11.6 Å². The number of hydrogen-bond donors (Lipinski definition) is 1.